The quantitative estimate of drug-likeness (QED) is 0.710. The number of nitrogens with one attached hydrogen (secondary N) is 2. The first-order valence-electron chi connectivity index (χ1n) is 8.38. The highest BCUT2D eigenvalue weighted by Gasteiger charge is 2.34. The summed E-state index contributed by atoms with van der Waals surface area (Å²) in [6.07, 6.45) is 0.443. The van der Waals surface area contributed by atoms with E-state index in [0.717, 1.165) is 33.5 Å². The maximum Gasteiger partial charge on any atom is 0.323 e. The zero-order valence-electron chi connectivity index (χ0n) is 14.5. The Kier molecular flexibility index (Phi) is 4.12. The maximum atomic E-state index is 13.8. The summed E-state index contributed by atoms with van der Waals surface area (Å²) in [5, 5.41) is 4.15. The van der Waals surface area contributed by atoms with Crippen LogP contribution in [0.15, 0.2) is 42.5 Å². The highest BCUT2D eigenvalue weighted by Crippen LogP contribution is 2.36. The van der Waals surface area contributed by atoms with Crippen LogP contribution in [-0.2, 0) is 16.0 Å². The molecule has 6 heteroatoms. The second-order valence-electron chi connectivity index (χ2n) is 6.36. The van der Waals surface area contributed by atoms with Gasteiger partial charge in [0.1, 0.15) is 17.6 Å². The van der Waals surface area contributed by atoms with Gasteiger partial charge in [0.2, 0.25) is 0 Å². The molecule has 26 heavy (non-hydrogen) atoms. The van der Waals surface area contributed by atoms with Crippen molar-refractivity contribution >= 4 is 16.9 Å². The van der Waals surface area contributed by atoms with Gasteiger partial charge >= 0.3 is 5.97 Å². The Morgan fingerprint density at radius 2 is 1.92 bits per heavy atom. The number of carbonyl (C=O) groups is 1. The molecule has 134 valence electrons. The number of hydrogen-bond donors (Lipinski definition) is 2. The van der Waals surface area contributed by atoms with Gasteiger partial charge in [-0.15, -0.1) is 0 Å². The minimum atomic E-state index is -0.498. The Hall–Kier alpha value is -2.86. The van der Waals surface area contributed by atoms with Gasteiger partial charge in [0, 0.05) is 23.0 Å². The van der Waals surface area contributed by atoms with Crippen molar-refractivity contribution in [3.63, 3.8) is 0 Å². The number of H-pyrrole nitrogens is 1. The smallest absolute Gasteiger partial charge is 0.323 e. The van der Waals surface area contributed by atoms with Crippen LogP contribution in [0.25, 0.3) is 10.9 Å². The summed E-state index contributed by atoms with van der Waals surface area (Å²) >= 11 is 0. The summed E-state index contributed by atoms with van der Waals surface area (Å²) in [7, 11) is 2.99. The van der Waals surface area contributed by atoms with Gasteiger partial charge < -0.3 is 14.5 Å². The van der Waals surface area contributed by atoms with Crippen LogP contribution >= 0.6 is 0 Å². The molecule has 2 unspecified atom stereocenters. The number of hydrogen-bond acceptors (Lipinski definition) is 4. The minimum Gasteiger partial charge on any atom is -0.497 e. The van der Waals surface area contributed by atoms with E-state index < -0.39 is 6.04 Å². The van der Waals surface area contributed by atoms with Crippen molar-refractivity contribution < 1.29 is 18.7 Å². The fourth-order valence-electron chi connectivity index (χ4n) is 3.61. The Bertz CT molecular complexity index is 965. The summed E-state index contributed by atoms with van der Waals surface area (Å²) in [6, 6.07) is 11.6. The van der Waals surface area contributed by atoms with Gasteiger partial charge in [-0.25, -0.2) is 4.39 Å². The zero-order chi connectivity index (χ0) is 18.3. The van der Waals surface area contributed by atoms with E-state index in [2.05, 4.69) is 10.3 Å². The lowest BCUT2D eigenvalue weighted by atomic mass is 9.90. The third-order valence-corrected chi connectivity index (χ3v) is 4.90. The molecule has 3 aromatic rings. The summed E-state index contributed by atoms with van der Waals surface area (Å²) in [5.41, 5.74) is 3.71. The molecule has 0 spiro atoms. The van der Waals surface area contributed by atoms with Crippen LogP contribution in [0.3, 0.4) is 0 Å². The van der Waals surface area contributed by atoms with E-state index in [-0.39, 0.29) is 17.8 Å². The standard InChI is InChI=1S/C20H19FN2O3/c1-25-13-6-3-11(4-7-13)18-19-15(10-17(23-18)20(24)26-2)14-9-12(21)5-8-16(14)22-19/h3-9,17-18,22-23H,10H2,1-2H3. The van der Waals surface area contributed by atoms with Gasteiger partial charge in [-0.2, -0.15) is 0 Å². The molecular formula is C20H19FN2O3. The number of benzene rings is 2. The summed E-state index contributed by atoms with van der Waals surface area (Å²) in [4.78, 5) is 15.6. The average molecular weight is 354 g/mol. The number of aromatic amines is 1. The van der Waals surface area contributed by atoms with Crippen LogP contribution in [0.4, 0.5) is 4.39 Å². The summed E-state index contributed by atoms with van der Waals surface area (Å²) in [6.45, 7) is 0. The first kappa shape index (κ1) is 16.6. The Labute approximate surface area is 150 Å². The van der Waals surface area contributed by atoms with Crippen LogP contribution in [0.5, 0.6) is 5.75 Å². The summed E-state index contributed by atoms with van der Waals surface area (Å²) < 4.78 is 23.9. The number of esters is 1. The molecule has 2 atom stereocenters. The molecule has 1 aliphatic rings. The van der Waals surface area contributed by atoms with Crippen molar-refractivity contribution in [2.75, 3.05) is 14.2 Å². The largest absolute Gasteiger partial charge is 0.497 e. The van der Waals surface area contributed by atoms with E-state index >= 15 is 0 Å². The number of methoxy groups -OCH3 is 2. The molecule has 0 saturated carbocycles. The van der Waals surface area contributed by atoms with Gasteiger partial charge in [0.05, 0.1) is 20.3 Å². The van der Waals surface area contributed by atoms with E-state index in [0.29, 0.717) is 6.42 Å². The van der Waals surface area contributed by atoms with Gasteiger partial charge in [0.25, 0.3) is 0 Å². The fraction of sp³-hybridized carbons (Fsp3) is 0.250. The van der Waals surface area contributed by atoms with Crippen LogP contribution < -0.4 is 10.1 Å². The van der Waals surface area contributed by atoms with Crippen LogP contribution in [0, 0.1) is 5.82 Å². The molecule has 2 N–H and O–H groups in total. The third-order valence-electron chi connectivity index (χ3n) is 4.90. The second-order valence-corrected chi connectivity index (χ2v) is 6.36. The number of aromatic nitrogens is 1. The molecule has 0 bridgehead atoms. The highest BCUT2D eigenvalue weighted by molar-refractivity contribution is 5.87. The lowest BCUT2D eigenvalue weighted by Crippen LogP contribution is -2.45. The van der Waals surface area contributed by atoms with E-state index in [4.69, 9.17) is 9.47 Å². The Morgan fingerprint density at radius 3 is 2.62 bits per heavy atom. The normalized spacial score (nSPS) is 19.2. The average Bonchev–Trinajstić information content (AvgIpc) is 3.04. The molecule has 2 aromatic carbocycles. The number of carbonyl (C=O) groups excluding carboxylic acids is 1. The molecule has 0 aliphatic carbocycles. The van der Waals surface area contributed by atoms with Gasteiger partial charge in [-0.3, -0.25) is 10.1 Å². The van der Waals surface area contributed by atoms with Gasteiger partial charge in [0.15, 0.2) is 0 Å². The second kappa shape index (κ2) is 6.46. The number of halogens is 1. The van der Waals surface area contributed by atoms with E-state index in [9.17, 15) is 9.18 Å². The maximum absolute atomic E-state index is 13.8. The SMILES string of the molecule is COC(=O)C1Cc2c([nH]c3ccc(F)cc23)C(c2ccc(OC)cc2)N1. The molecule has 0 saturated heterocycles. The van der Waals surface area contributed by atoms with Crippen molar-refractivity contribution in [1.29, 1.82) is 0 Å². The first-order chi connectivity index (χ1) is 12.6. The van der Waals surface area contributed by atoms with Crippen molar-refractivity contribution in [3.8, 4) is 5.75 Å². The van der Waals surface area contributed by atoms with E-state index in [1.54, 1.807) is 13.2 Å². The minimum absolute atomic E-state index is 0.232. The van der Waals surface area contributed by atoms with Crippen molar-refractivity contribution in [2.45, 2.75) is 18.5 Å². The van der Waals surface area contributed by atoms with Crippen molar-refractivity contribution in [2.24, 2.45) is 0 Å². The van der Waals surface area contributed by atoms with E-state index in [1.807, 2.05) is 24.3 Å². The lowest BCUT2D eigenvalue weighted by Gasteiger charge is -2.30. The molecular weight excluding hydrogens is 335 g/mol. The van der Waals surface area contributed by atoms with Crippen molar-refractivity contribution in [1.82, 2.24) is 10.3 Å². The number of ether oxygens (including phenoxy) is 2. The molecule has 2 heterocycles. The molecule has 1 aromatic heterocycles. The predicted molar refractivity (Wildman–Crippen MR) is 95.7 cm³/mol. The fourth-order valence-corrected chi connectivity index (χ4v) is 3.61. The number of fused-ring (bicyclic) bond motifs is 3. The lowest BCUT2D eigenvalue weighted by molar-refractivity contribution is -0.143. The van der Waals surface area contributed by atoms with Crippen LogP contribution in [-0.4, -0.2) is 31.2 Å². The Balaban J connectivity index is 1.85. The molecule has 0 fully saturated rings. The van der Waals surface area contributed by atoms with Crippen molar-refractivity contribution in [3.05, 3.63) is 65.1 Å². The third kappa shape index (κ3) is 2.72. The zero-order valence-corrected chi connectivity index (χ0v) is 14.5. The Morgan fingerprint density at radius 1 is 1.15 bits per heavy atom. The van der Waals surface area contributed by atoms with Gasteiger partial charge in [-0.05, 0) is 41.5 Å². The summed E-state index contributed by atoms with van der Waals surface area (Å²) in [5.74, 6) is 0.126. The topological polar surface area (TPSA) is 63.4 Å². The molecule has 0 amide bonds. The molecule has 0 radical (unpaired) electrons. The van der Waals surface area contributed by atoms with Crippen LogP contribution in [0.1, 0.15) is 22.9 Å². The van der Waals surface area contributed by atoms with E-state index in [1.165, 1.54) is 19.2 Å². The first-order valence-corrected chi connectivity index (χ1v) is 8.38. The number of rotatable bonds is 3. The predicted octanol–water partition coefficient (Wildman–Crippen LogP) is 3.09. The van der Waals surface area contributed by atoms with Crippen LogP contribution in [0.2, 0.25) is 0 Å². The molecule has 4 rings (SSSR count). The van der Waals surface area contributed by atoms with Gasteiger partial charge in [-0.1, -0.05) is 12.1 Å². The monoisotopic (exact) mass is 354 g/mol. The highest BCUT2D eigenvalue weighted by atomic mass is 19.1. The molecule has 5 nitrogen and oxygen atoms in total. The molecule has 1 aliphatic heterocycles.